The van der Waals surface area contributed by atoms with Crippen molar-refractivity contribution in [2.75, 3.05) is 19.0 Å². The van der Waals surface area contributed by atoms with Gasteiger partial charge in [0.15, 0.2) is 6.61 Å². The molecule has 0 aromatic carbocycles. The van der Waals surface area contributed by atoms with Gasteiger partial charge >= 0.3 is 12.3 Å². The van der Waals surface area contributed by atoms with Crippen molar-refractivity contribution in [2.24, 2.45) is 0 Å². The smallest absolute Gasteiger partial charge is 0.340 e. The van der Waals surface area contributed by atoms with Gasteiger partial charge in [-0.05, 0) is 12.8 Å². The van der Waals surface area contributed by atoms with E-state index in [-0.39, 0.29) is 11.8 Å². The van der Waals surface area contributed by atoms with E-state index in [1.807, 2.05) is 0 Å². The Labute approximate surface area is 107 Å². The van der Waals surface area contributed by atoms with Crippen molar-refractivity contribution in [1.29, 1.82) is 0 Å². The minimum absolute atomic E-state index is 0.124. The molecule has 0 radical (unpaired) electrons. The van der Waals surface area contributed by atoms with Gasteiger partial charge in [-0.25, -0.2) is 13.8 Å². The van der Waals surface area contributed by atoms with Crippen molar-refractivity contribution in [1.82, 2.24) is 9.97 Å². The third-order valence-electron chi connectivity index (χ3n) is 2.65. The molecule has 1 saturated carbocycles. The lowest BCUT2D eigenvalue weighted by Crippen LogP contribution is -2.34. The lowest BCUT2D eigenvalue weighted by atomic mass is 10.3. The predicted octanol–water partition coefficient (Wildman–Crippen LogP) is 2.67. The molecule has 1 aromatic heterocycles. The van der Waals surface area contributed by atoms with E-state index in [1.54, 1.807) is 7.05 Å². The molecule has 0 amide bonds. The van der Waals surface area contributed by atoms with Crippen LogP contribution in [0.25, 0.3) is 0 Å². The quantitative estimate of drug-likeness (QED) is 0.813. The summed E-state index contributed by atoms with van der Waals surface area (Å²) < 4.78 is 54.2. The molecule has 1 heterocycles. The Morgan fingerprint density at radius 1 is 1.42 bits per heavy atom. The lowest BCUT2D eigenvalue weighted by molar-refractivity contribution is -0.148. The number of halogens is 4. The molecular weight excluding hydrogens is 266 g/mol. The second kappa shape index (κ2) is 5.18. The van der Waals surface area contributed by atoms with Crippen LogP contribution in [0.2, 0.25) is 0 Å². The van der Waals surface area contributed by atoms with Gasteiger partial charge in [-0.3, -0.25) is 0 Å². The van der Waals surface area contributed by atoms with Crippen LogP contribution in [0, 0.1) is 0 Å². The molecule has 0 spiro atoms. The monoisotopic (exact) mass is 279 g/mol. The van der Waals surface area contributed by atoms with Crippen LogP contribution < -0.4 is 10.1 Å². The molecule has 8 heteroatoms. The number of ether oxygens (including phenoxy) is 1. The fourth-order valence-electron chi connectivity index (χ4n) is 1.40. The molecule has 1 N–H and O–H groups in total. The molecule has 0 saturated heterocycles. The lowest BCUT2D eigenvalue weighted by Gasteiger charge is -2.16. The molecule has 0 bridgehead atoms. The third-order valence-corrected chi connectivity index (χ3v) is 2.65. The first-order chi connectivity index (χ1) is 8.92. The van der Waals surface area contributed by atoms with Gasteiger partial charge in [0.25, 0.3) is 0 Å². The zero-order valence-electron chi connectivity index (χ0n) is 10.2. The summed E-state index contributed by atoms with van der Waals surface area (Å²) in [6, 6.07) is 1.30. The average Bonchev–Trinajstić information content (AvgIpc) is 3.20. The van der Waals surface area contributed by atoms with E-state index in [4.69, 9.17) is 0 Å². The summed E-state index contributed by atoms with van der Waals surface area (Å²) in [5.41, 5.74) is 0. The van der Waals surface area contributed by atoms with Gasteiger partial charge in [0, 0.05) is 19.0 Å². The van der Waals surface area contributed by atoms with E-state index in [9.17, 15) is 17.6 Å². The van der Waals surface area contributed by atoms with E-state index < -0.39 is 19.0 Å². The van der Waals surface area contributed by atoms with Gasteiger partial charge in [-0.2, -0.15) is 13.8 Å². The van der Waals surface area contributed by atoms with Crippen LogP contribution in [-0.4, -0.2) is 36.0 Å². The molecule has 106 valence electrons. The summed E-state index contributed by atoms with van der Waals surface area (Å²) in [7, 11) is 1.61. The molecule has 1 aromatic rings. The van der Waals surface area contributed by atoms with E-state index in [0.29, 0.717) is 11.6 Å². The standard InChI is InChI=1S/C11H13F4N3O/c1-16-7-4-8(18-9(17-7)6-2-3-6)19-5-11(14,15)10(12)13/h4,6,10H,2-3,5H2,1H3,(H,16,17,18). The van der Waals surface area contributed by atoms with Crippen LogP contribution in [0.3, 0.4) is 0 Å². The Morgan fingerprint density at radius 3 is 2.63 bits per heavy atom. The van der Waals surface area contributed by atoms with E-state index in [1.165, 1.54) is 6.07 Å². The average molecular weight is 279 g/mol. The highest BCUT2D eigenvalue weighted by Crippen LogP contribution is 2.39. The highest BCUT2D eigenvalue weighted by Gasteiger charge is 2.42. The van der Waals surface area contributed by atoms with Gasteiger partial charge in [0.1, 0.15) is 11.6 Å². The van der Waals surface area contributed by atoms with Gasteiger partial charge in [-0.1, -0.05) is 0 Å². The Balaban J connectivity index is 2.09. The number of nitrogens with zero attached hydrogens (tertiary/aromatic N) is 2. The topological polar surface area (TPSA) is 47.0 Å². The fraction of sp³-hybridized carbons (Fsp3) is 0.636. The molecule has 19 heavy (non-hydrogen) atoms. The highest BCUT2D eigenvalue weighted by atomic mass is 19.3. The predicted molar refractivity (Wildman–Crippen MR) is 60.0 cm³/mol. The Bertz CT molecular complexity index is 452. The van der Waals surface area contributed by atoms with E-state index in [2.05, 4.69) is 20.0 Å². The second-order valence-corrected chi connectivity index (χ2v) is 4.32. The van der Waals surface area contributed by atoms with Crippen LogP contribution in [0.5, 0.6) is 5.88 Å². The summed E-state index contributed by atoms with van der Waals surface area (Å²) in [6.07, 6.45) is -1.90. The Hall–Kier alpha value is -1.60. The van der Waals surface area contributed by atoms with E-state index >= 15 is 0 Å². The van der Waals surface area contributed by atoms with Crippen molar-refractivity contribution >= 4 is 5.82 Å². The van der Waals surface area contributed by atoms with Crippen LogP contribution >= 0.6 is 0 Å². The number of nitrogens with one attached hydrogen (secondary N) is 1. The SMILES string of the molecule is CNc1cc(OCC(F)(F)C(F)F)nc(C2CC2)n1. The molecule has 2 rings (SSSR count). The van der Waals surface area contributed by atoms with Gasteiger partial charge in [-0.15, -0.1) is 0 Å². The number of hydrogen-bond acceptors (Lipinski definition) is 4. The molecule has 1 fully saturated rings. The van der Waals surface area contributed by atoms with Crippen LogP contribution in [0.15, 0.2) is 6.07 Å². The number of hydrogen-bond donors (Lipinski definition) is 1. The molecule has 0 atom stereocenters. The van der Waals surface area contributed by atoms with Crippen molar-refractivity contribution in [3.8, 4) is 5.88 Å². The summed E-state index contributed by atoms with van der Waals surface area (Å²) >= 11 is 0. The maximum Gasteiger partial charge on any atom is 0.340 e. The Kier molecular flexibility index (Phi) is 3.77. The zero-order chi connectivity index (χ0) is 14.0. The molecule has 0 unspecified atom stereocenters. The number of anilines is 1. The first-order valence-electron chi connectivity index (χ1n) is 5.78. The molecule has 4 nitrogen and oxygen atoms in total. The summed E-state index contributed by atoms with van der Waals surface area (Å²) in [5, 5.41) is 2.74. The first-order valence-corrected chi connectivity index (χ1v) is 5.78. The van der Waals surface area contributed by atoms with Crippen LogP contribution in [-0.2, 0) is 0 Å². The molecular formula is C11H13F4N3O. The molecule has 1 aliphatic rings. The summed E-state index contributed by atoms with van der Waals surface area (Å²) in [6.45, 7) is -1.41. The number of aromatic nitrogens is 2. The van der Waals surface area contributed by atoms with Crippen molar-refractivity contribution in [3.63, 3.8) is 0 Å². The zero-order valence-corrected chi connectivity index (χ0v) is 10.2. The van der Waals surface area contributed by atoms with E-state index in [0.717, 1.165) is 12.8 Å². The highest BCUT2D eigenvalue weighted by molar-refractivity contribution is 5.38. The molecule has 1 aliphatic carbocycles. The van der Waals surface area contributed by atoms with Gasteiger partial charge in [0.05, 0.1) is 0 Å². The number of alkyl halides is 4. The van der Waals surface area contributed by atoms with Gasteiger partial charge in [0.2, 0.25) is 5.88 Å². The summed E-state index contributed by atoms with van der Waals surface area (Å²) in [5.74, 6) is -3.22. The van der Waals surface area contributed by atoms with Crippen molar-refractivity contribution < 1.29 is 22.3 Å². The minimum Gasteiger partial charge on any atom is -0.471 e. The molecule has 0 aliphatic heterocycles. The number of rotatable bonds is 6. The second-order valence-electron chi connectivity index (χ2n) is 4.32. The fourth-order valence-corrected chi connectivity index (χ4v) is 1.40. The third kappa shape index (κ3) is 3.45. The van der Waals surface area contributed by atoms with Crippen LogP contribution in [0.1, 0.15) is 24.6 Å². The maximum absolute atomic E-state index is 12.8. The maximum atomic E-state index is 12.8. The van der Waals surface area contributed by atoms with Crippen LogP contribution in [0.4, 0.5) is 23.4 Å². The largest absolute Gasteiger partial charge is 0.471 e. The minimum atomic E-state index is -4.19. The first kappa shape index (κ1) is 13.8. The normalized spacial score (nSPS) is 15.7. The van der Waals surface area contributed by atoms with Crippen molar-refractivity contribution in [3.05, 3.63) is 11.9 Å². The van der Waals surface area contributed by atoms with Crippen molar-refractivity contribution in [2.45, 2.75) is 31.1 Å². The summed E-state index contributed by atoms with van der Waals surface area (Å²) in [4.78, 5) is 8.11. The Morgan fingerprint density at radius 2 is 2.11 bits per heavy atom. The van der Waals surface area contributed by atoms with Gasteiger partial charge < -0.3 is 10.1 Å².